The average molecular weight is 264 g/mol. The number of nitrogens with zero attached hydrogens (tertiary/aromatic N) is 1. The Labute approximate surface area is 114 Å². The molecule has 0 aliphatic heterocycles. The van der Waals surface area contributed by atoms with Crippen LogP contribution >= 0.6 is 12.2 Å². The molecule has 0 aromatic carbocycles. The van der Waals surface area contributed by atoms with Crippen LogP contribution in [0.25, 0.3) is 0 Å². The molecule has 0 saturated heterocycles. The fourth-order valence-electron chi connectivity index (χ4n) is 2.37. The fourth-order valence-corrected chi connectivity index (χ4v) is 2.49. The Morgan fingerprint density at radius 2 is 2.11 bits per heavy atom. The number of pyridine rings is 1. The lowest BCUT2D eigenvalue weighted by Crippen LogP contribution is -2.29. The van der Waals surface area contributed by atoms with Crippen LogP contribution in [0, 0.1) is 11.8 Å². The molecule has 1 heterocycles. The molecular formula is C14H20N2OS. The summed E-state index contributed by atoms with van der Waals surface area (Å²) in [6, 6.07) is 3.71. The molecule has 3 unspecified atom stereocenters. The van der Waals surface area contributed by atoms with E-state index in [1.165, 1.54) is 6.42 Å². The van der Waals surface area contributed by atoms with Crippen LogP contribution in [0.4, 0.5) is 0 Å². The van der Waals surface area contributed by atoms with E-state index >= 15 is 0 Å². The topological polar surface area (TPSA) is 48.1 Å². The van der Waals surface area contributed by atoms with Crippen LogP contribution in [-0.2, 0) is 0 Å². The number of rotatable bonds is 3. The first-order chi connectivity index (χ1) is 8.56. The van der Waals surface area contributed by atoms with Gasteiger partial charge in [-0.25, -0.2) is 4.98 Å². The molecular weight excluding hydrogens is 244 g/mol. The van der Waals surface area contributed by atoms with Gasteiger partial charge in [-0.05, 0) is 37.2 Å². The van der Waals surface area contributed by atoms with Gasteiger partial charge in [-0.1, -0.05) is 26.1 Å². The first-order valence-corrected chi connectivity index (χ1v) is 6.89. The number of aromatic nitrogens is 1. The van der Waals surface area contributed by atoms with Gasteiger partial charge >= 0.3 is 0 Å². The molecule has 0 amide bonds. The van der Waals surface area contributed by atoms with Crippen molar-refractivity contribution in [1.82, 2.24) is 4.98 Å². The highest BCUT2D eigenvalue weighted by Gasteiger charge is 2.25. The predicted molar refractivity (Wildman–Crippen MR) is 76.7 cm³/mol. The van der Waals surface area contributed by atoms with Crippen molar-refractivity contribution in [3.05, 3.63) is 23.9 Å². The summed E-state index contributed by atoms with van der Waals surface area (Å²) < 4.78 is 5.91. The molecule has 4 heteroatoms. The lowest BCUT2D eigenvalue weighted by molar-refractivity contribution is 0.0964. The normalized spacial score (nSPS) is 27.8. The van der Waals surface area contributed by atoms with E-state index in [2.05, 4.69) is 18.8 Å². The quantitative estimate of drug-likeness (QED) is 0.853. The zero-order chi connectivity index (χ0) is 13.1. The third kappa shape index (κ3) is 3.19. The summed E-state index contributed by atoms with van der Waals surface area (Å²) in [6.07, 6.45) is 5.42. The smallest absolute Gasteiger partial charge is 0.213 e. The van der Waals surface area contributed by atoms with Gasteiger partial charge in [0.05, 0.1) is 0 Å². The Balaban J connectivity index is 1.95. The third-order valence-electron chi connectivity index (χ3n) is 3.86. The zero-order valence-corrected chi connectivity index (χ0v) is 11.7. The Kier molecular flexibility index (Phi) is 4.17. The standard InChI is InChI=1S/C14H20N2OS/c1-9-3-5-12(7-10(9)2)17-13-6-4-11(8-16-13)14(15)18/h4,6,8-10,12H,3,5,7H2,1-2H3,(H2,15,18). The summed E-state index contributed by atoms with van der Waals surface area (Å²) in [4.78, 5) is 4.62. The van der Waals surface area contributed by atoms with Crippen molar-refractivity contribution >= 4 is 17.2 Å². The Bertz CT molecular complexity index is 418. The predicted octanol–water partition coefficient (Wildman–Crippen LogP) is 2.92. The second kappa shape index (κ2) is 5.65. The largest absolute Gasteiger partial charge is 0.474 e. The van der Waals surface area contributed by atoms with E-state index in [0.29, 0.717) is 17.0 Å². The first-order valence-electron chi connectivity index (χ1n) is 6.48. The lowest BCUT2D eigenvalue weighted by atomic mass is 9.80. The summed E-state index contributed by atoms with van der Waals surface area (Å²) in [5.41, 5.74) is 6.31. The second-order valence-electron chi connectivity index (χ2n) is 5.26. The number of nitrogens with two attached hydrogens (primary N) is 1. The third-order valence-corrected chi connectivity index (χ3v) is 4.09. The van der Waals surface area contributed by atoms with Crippen LogP contribution in [0.2, 0.25) is 0 Å². The molecule has 2 rings (SSSR count). The van der Waals surface area contributed by atoms with Gasteiger partial charge in [-0.3, -0.25) is 0 Å². The van der Waals surface area contributed by atoms with E-state index in [1.54, 1.807) is 6.20 Å². The lowest BCUT2D eigenvalue weighted by Gasteiger charge is -2.31. The second-order valence-corrected chi connectivity index (χ2v) is 5.70. The van der Waals surface area contributed by atoms with Crippen molar-refractivity contribution in [2.45, 2.75) is 39.2 Å². The minimum atomic E-state index is 0.291. The Morgan fingerprint density at radius 3 is 2.67 bits per heavy atom. The summed E-state index contributed by atoms with van der Waals surface area (Å²) in [5, 5.41) is 0. The molecule has 98 valence electrons. The zero-order valence-electron chi connectivity index (χ0n) is 10.9. The molecule has 0 spiro atoms. The summed E-state index contributed by atoms with van der Waals surface area (Å²) in [5.74, 6) is 2.19. The van der Waals surface area contributed by atoms with Crippen molar-refractivity contribution in [1.29, 1.82) is 0 Å². The van der Waals surface area contributed by atoms with Crippen LogP contribution in [0.15, 0.2) is 18.3 Å². The van der Waals surface area contributed by atoms with Crippen molar-refractivity contribution in [3.8, 4) is 5.88 Å². The van der Waals surface area contributed by atoms with Crippen molar-refractivity contribution in [3.63, 3.8) is 0 Å². The van der Waals surface area contributed by atoms with E-state index in [-0.39, 0.29) is 0 Å². The molecule has 1 aliphatic rings. The van der Waals surface area contributed by atoms with Gasteiger partial charge in [0.15, 0.2) is 0 Å². The molecule has 2 N–H and O–H groups in total. The molecule has 0 radical (unpaired) electrons. The van der Waals surface area contributed by atoms with Gasteiger partial charge < -0.3 is 10.5 Å². The van der Waals surface area contributed by atoms with E-state index in [9.17, 15) is 0 Å². The van der Waals surface area contributed by atoms with Gasteiger partial charge in [0.1, 0.15) is 11.1 Å². The highest BCUT2D eigenvalue weighted by molar-refractivity contribution is 7.80. The van der Waals surface area contributed by atoms with Gasteiger partial charge in [-0.2, -0.15) is 0 Å². The van der Waals surface area contributed by atoms with Gasteiger partial charge in [0, 0.05) is 17.8 Å². The number of hydrogen-bond acceptors (Lipinski definition) is 3. The number of ether oxygens (including phenoxy) is 1. The van der Waals surface area contributed by atoms with E-state index in [4.69, 9.17) is 22.7 Å². The molecule has 3 atom stereocenters. The molecule has 18 heavy (non-hydrogen) atoms. The minimum absolute atomic E-state index is 0.291. The van der Waals surface area contributed by atoms with Crippen molar-refractivity contribution in [2.75, 3.05) is 0 Å². The molecule has 1 aromatic rings. The van der Waals surface area contributed by atoms with Crippen molar-refractivity contribution in [2.24, 2.45) is 17.6 Å². The van der Waals surface area contributed by atoms with Gasteiger partial charge in [-0.15, -0.1) is 0 Å². The molecule has 1 aliphatic carbocycles. The number of thiocarbonyl (C=S) groups is 1. The molecule has 1 fully saturated rings. The molecule has 3 nitrogen and oxygen atoms in total. The average Bonchev–Trinajstić information content (AvgIpc) is 2.34. The molecule has 1 saturated carbocycles. The highest BCUT2D eigenvalue weighted by atomic mass is 32.1. The number of hydrogen-bond donors (Lipinski definition) is 1. The molecule has 1 aromatic heterocycles. The van der Waals surface area contributed by atoms with E-state index in [0.717, 1.165) is 30.2 Å². The van der Waals surface area contributed by atoms with Gasteiger partial charge in [0.25, 0.3) is 0 Å². The van der Waals surface area contributed by atoms with Crippen LogP contribution in [0.1, 0.15) is 38.7 Å². The van der Waals surface area contributed by atoms with Crippen LogP contribution < -0.4 is 10.5 Å². The maximum atomic E-state index is 5.91. The first kappa shape index (κ1) is 13.3. The summed E-state index contributed by atoms with van der Waals surface area (Å²) in [6.45, 7) is 4.61. The van der Waals surface area contributed by atoms with Crippen LogP contribution in [0.3, 0.4) is 0 Å². The maximum Gasteiger partial charge on any atom is 0.213 e. The SMILES string of the molecule is CC1CCC(Oc2ccc(C(N)=S)cn2)CC1C. The van der Waals surface area contributed by atoms with Crippen LogP contribution in [-0.4, -0.2) is 16.1 Å². The fraction of sp³-hybridized carbons (Fsp3) is 0.571. The van der Waals surface area contributed by atoms with E-state index in [1.807, 2.05) is 12.1 Å². The van der Waals surface area contributed by atoms with Gasteiger partial charge in [0.2, 0.25) is 5.88 Å². The molecule has 0 bridgehead atoms. The highest BCUT2D eigenvalue weighted by Crippen LogP contribution is 2.31. The minimum Gasteiger partial charge on any atom is -0.474 e. The van der Waals surface area contributed by atoms with Crippen molar-refractivity contribution < 1.29 is 4.74 Å². The maximum absolute atomic E-state index is 5.91. The Morgan fingerprint density at radius 1 is 1.33 bits per heavy atom. The van der Waals surface area contributed by atoms with E-state index < -0.39 is 0 Å². The Hall–Kier alpha value is -1.16. The summed E-state index contributed by atoms with van der Waals surface area (Å²) >= 11 is 4.89. The van der Waals surface area contributed by atoms with Crippen LogP contribution in [0.5, 0.6) is 5.88 Å². The summed E-state index contributed by atoms with van der Waals surface area (Å²) in [7, 11) is 0. The monoisotopic (exact) mass is 264 g/mol.